The molecule has 0 bridgehead atoms. The van der Waals surface area contributed by atoms with Gasteiger partial charge in [-0.2, -0.15) is 0 Å². The van der Waals surface area contributed by atoms with E-state index in [0.717, 1.165) is 44.5 Å². The lowest BCUT2D eigenvalue weighted by Crippen LogP contribution is -2.48. The van der Waals surface area contributed by atoms with Crippen LogP contribution < -0.4 is 10.1 Å². The molecule has 1 aromatic rings. The maximum atomic E-state index is 5.78. The smallest absolute Gasteiger partial charge is 0.193 e. The van der Waals surface area contributed by atoms with Crippen LogP contribution >= 0.6 is 0 Å². The van der Waals surface area contributed by atoms with Crippen LogP contribution in [0.4, 0.5) is 0 Å². The van der Waals surface area contributed by atoms with E-state index in [-0.39, 0.29) is 6.10 Å². The summed E-state index contributed by atoms with van der Waals surface area (Å²) in [5, 5.41) is 3.40. The minimum atomic E-state index is 0.208. The van der Waals surface area contributed by atoms with E-state index in [4.69, 9.17) is 9.47 Å². The molecular formula is C17H28N4O2. The lowest BCUT2D eigenvalue weighted by Gasteiger charge is -2.31. The normalized spacial score (nSPS) is 19.5. The van der Waals surface area contributed by atoms with Crippen LogP contribution in [0.1, 0.15) is 5.56 Å². The Morgan fingerprint density at radius 3 is 2.78 bits per heavy atom. The van der Waals surface area contributed by atoms with E-state index in [1.807, 2.05) is 19.2 Å². The number of benzene rings is 1. The van der Waals surface area contributed by atoms with Gasteiger partial charge in [-0.3, -0.25) is 4.99 Å². The first kappa shape index (κ1) is 17.6. The number of nitrogens with one attached hydrogen (secondary N) is 1. The van der Waals surface area contributed by atoms with E-state index < -0.39 is 0 Å². The maximum Gasteiger partial charge on any atom is 0.193 e. The van der Waals surface area contributed by atoms with Crippen LogP contribution in [0.5, 0.6) is 5.75 Å². The number of morpholine rings is 1. The van der Waals surface area contributed by atoms with Crippen LogP contribution in [-0.4, -0.2) is 76.4 Å². The zero-order valence-electron chi connectivity index (χ0n) is 14.6. The van der Waals surface area contributed by atoms with Gasteiger partial charge in [-0.1, -0.05) is 12.1 Å². The van der Waals surface area contributed by atoms with Crippen LogP contribution in [0.15, 0.2) is 29.3 Å². The number of nitrogens with zero attached hydrogens (tertiary/aromatic N) is 3. The number of likely N-dealkylation sites (N-methyl/N-ethyl adjacent to an activating group) is 1. The highest BCUT2D eigenvalue weighted by atomic mass is 16.5. The summed E-state index contributed by atoms with van der Waals surface area (Å²) in [5.74, 6) is 1.75. The predicted molar refractivity (Wildman–Crippen MR) is 93.1 cm³/mol. The van der Waals surface area contributed by atoms with Gasteiger partial charge in [-0.05, 0) is 24.7 Å². The van der Waals surface area contributed by atoms with Crippen molar-refractivity contribution in [1.29, 1.82) is 0 Å². The van der Waals surface area contributed by atoms with Crippen LogP contribution in [0, 0.1) is 0 Å². The Kier molecular flexibility index (Phi) is 6.67. The second kappa shape index (κ2) is 8.74. The van der Waals surface area contributed by atoms with Crippen molar-refractivity contribution in [3.05, 3.63) is 29.8 Å². The first-order valence-electron chi connectivity index (χ1n) is 7.97. The van der Waals surface area contributed by atoms with Gasteiger partial charge in [0.2, 0.25) is 0 Å². The van der Waals surface area contributed by atoms with E-state index in [9.17, 15) is 0 Å². The van der Waals surface area contributed by atoms with Crippen LogP contribution in [0.3, 0.4) is 0 Å². The van der Waals surface area contributed by atoms with Gasteiger partial charge >= 0.3 is 0 Å². The molecular weight excluding hydrogens is 292 g/mol. The Bertz CT molecular complexity index is 504. The quantitative estimate of drug-likeness (QED) is 0.649. The number of rotatable bonds is 5. The maximum absolute atomic E-state index is 5.78. The summed E-state index contributed by atoms with van der Waals surface area (Å²) in [6.45, 7) is 4.30. The Morgan fingerprint density at radius 2 is 2.17 bits per heavy atom. The van der Waals surface area contributed by atoms with Gasteiger partial charge in [0.15, 0.2) is 5.96 Å². The second-order valence-corrected chi connectivity index (χ2v) is 5.89. The molecule has 1 atom stereocenters. The molecule has 1 aliphatic heterocycles. The first-order chi connectivity index (χ1) is 11.1. The lowest BCUT2D eigenvalue weighted by atomic mass is 10.2. The van der Waals surface area contributed by atoms with Gasteiger partial charge in [0.25, 0.3) is 0 Å². The van der Waals surface area contributed by atoms with Gasteiger partial charge in [0.05, 0.1) is 19.8 Å². The van der Waals surface area contributed by atoms with E-state index in [2.05, 4.69) is 39.3 Å². The molecule has 1 N–H and O–H groups in total. The average molecular weight is 320 g/mol. The SMILES string of the molecule is CN=C(NCC1CN(C)CCO1)N(C)Cc1ccc(OC)cc1. The Labute approximate surface area is 139 Å². The monoisotopic (exact) mass is 320 g/mol. The molecule has 1 heterocycles. The number of hydrogen-bond acceptors (Lipinski definition) is 4. The molecule has 2 rings (SSSR count). The molecule has 128 valence electrons. The van der Waals surface area contributed by atoms with Crippen molar-refractivity contribution >= 4 is 5.96 Å². The number of hydrogen-bond donors (Lipinski definition) is 1. The Hall–Kier alpha value is -1.79. The highest BCUT2D eigenvalue weighted by Gasteiger charge is 2.18. The summed E-state index contributed by atoms with van der Waals surface area (Å²) in [6, 6.07) is 8.10. The summed E-state index contributed by atoms with van der Waals surface area (Å²) in [4.78, 5) is 8.76. The van der Waals surface area contributed by atoms with Crippen LogP contribution in [-0.2, 0) is 11.3 Å². The van der Waals surface area contributed by atoms with Crippen molar-refractivity contribution in [1.82, 2.24) is 15.1 Å². The van der Waals surface area contributed by atoms with Gasteiger partial charge < -0.3 is 24.6 Å². The van der Waals surface area contributed by atoms with E-state index in [1.165, 1.54) is 5.56 Å². The van der Waals surface area contributed by atoms with Gasteiger partial charge in [0.1, 0.15) is 5.75 Å². The molecule has 0 saturated carbocycles. The zero-order valence-corrected chi connectivity index (χ0v) is 14.6. The zero-order chi connectivity index (χ0) is 16.7. The highest BCUT2D eigenvalue weighted by molar-refractivity contribution is 5.79. The minimum Gasteiger partial charge on any atom is -0.497 e. The summed E-state index contributed by atoms with van der Waals surface area (Å²) in [6.07, 6.45) is 0.208. The topological polar surface area (TPSA) is 49.3 Å². The predicted octanol–water partition coefficient (Wildman–Crippen LogP) is 1.03. The number of guanidine groups is 1. The van der Waals surface area contributed by atoms with E-state index in [0.29, 0.717) is 0 Å². The molecule has 1 fully saturated rings. The van der Waals surface area contributed by atoms with E-state index in [1.54, 1.807) is 14.2 Å². The lowest BCUT2D eigenvalue weighted by molar-refractivity contribution is -0.0163. The molecule has 1 saturated heterocycles. The summed E-state index contributed by atoms with van der Waals surface area (Å²) >= 11 is 0. The van der Waals surface area contributed by atoms with Gasteiger partial charge in [-0.15, -0.1) is 0 Å². The minimum absolute atomic E-state index is 0.208. The fourth-order valence-corrected chi connectivity index (χ4v) is 2.66. The van der Waals surface area contributed by atoms with Gasteiger partial charge in [-0.25, -0.2) is 0 Å². The van der Waals surface area contributed by atoms with Crippen molar-refractivity contribution < 1.29 is 9.47 Å². The third-order valence-electron chi connectivity index (χ3n) is 3.98. The van der Waals surface area contributed by atoms with Crippen molar-refractivity contribution in [3.63, 3.8) is 0 Å². The van der Waals surface area contributed by atoms with Crippen molar-refractivity contribution in [2.45, 2.75) is 12.6 Å². The van der Waals surface area contributed by atoms with E-state index >= 15 is 0 Å². The molecule has 0 radical (unpaired) electrons. The van der Waals surface area contributed by atoms with Crippen molar-refractivity contribution in [2.24, 2.45) is 4.99 Å². The van der Waals surface area contributed by atoms with Crippen molar-refractivity contribution in [3.8, 4) is 5.75 Å². The molecule has 0 amide bonds. The third kappa shape index (κ3) is 5.41. The Balaban J connectivity index is 1.84. The highest BCUT2D eigenvalue weighted by Crippen LogP contribution is 2.12. The summed E-state index contributed by atoms with van der Waals surface area (Å²) < 4.78 is 11.0. The number of methoxy groups -OCH3 is 1. The molecule has 1 aromatic carbocycles. The van der Waals surface area contributed by atoms with Crippen LogP contribution in [0.2, 0.25) is 0 Å². The summed E-state index contributed by atoms with van der Waals surface area (Å²) in [5.41, 5.74) is 1.21. The molecule has 0 aliphatic carbocycles. The molecule has 0 spiro atoms. The fourth-order valence-electron chi connectivity index (χ4n) is 2.66. The standard InChI is InChI=1S/C17H28N4O2/c1-18-17(19-11-16-13-20(2)9-10-23-16)21(3)12-14-5-7-15(22-4)8-6-14/h5-8,16H,9-13H2,1-4H3,(H,18,19). The molecule has 23 heavy (non-hydrogen) atoms. The Morgan fingerprint density at radius 1 is 1.43 bits per heavy atom. The molecule has 0 aromatic heterocycles. The number of ether oxygens (including phenoxy) is 2. The average Bonchev–Trinajstić information content (AvgIpc) is 2.56. The molecule has 6 nitrogen and oxygen atoms in total. The van der Waals surface area contributed by atoms with Crippen LogP contribution in [0.25, 0.3) is 0 Å². The number of aliphatic imine (C=N–C) groups is 1. The third-order valence-corrected chi connectivity index (χ3v) is 3.98. The van der Waals surface area contributed by atoms with Gasteiger partial charge in [0, 0.05) is 40.3 Å². The molecule has 6 heteroatoms. The largest absolute Gasteiger partial charge is 0.497 e. The fraction of sp³-hybridized carbons (Fsp3) is 0.588. The van der Waals surface area contributed by atoms with Crippen molar-refractivity contribution in [2.75, 3.05) is 54.5 Å². The first-order valence-corrected chi connectivity index (χ1v) is 7.97. The molecule has 1 unspecified atom stereocenters. The molecule has 1 aliphatic rings. The summed E-state index contributed by atoms with van der Waals surface area (Å²) in [7, 11) is 7.64. The second-order valence-electron chi connectivity index (χ2n) is 5.89.